The smallest absolute Gasteiger partial charge is 0.277 e. The van der Waals surface area contributed by atoms with E-state index in [0.29, 0.717) is 28.1 Å². The van der Waals surface area contributed by atoms with Crippen molar-refractivity contribution in [1.82, 2.24) is 24.8 Å². The molecule has 0 aliphatic carbocycles. The molecular weight excluding hydrogens is 324 g/mol. The van der Waals surface area contributed by atoms with Gasteiger partial charge in [-0.3, -0.25) is 0 Å². The first-order valence-electron chi connectivity index (χ1n) is 7.07. The summed E-state index contributed by atoms with van der Waals surface area (Å²) in [6.07, 6.45) is 3.28. The summed E-state index contributed by atoms with van der Waals surface area (Å²) in [5, 5.41) is 21.6. The zero-order valence-electron chi connectivity index (χ0n) is 12.3. The number of thioether (sulfide) groups is 1. The molecule has 3 heterocycles. The standard InChI is InChI=1S/C16H10N6OS/c17-8-11-2-1-3-12(6-11)9-24-16-21-20-15(23-16)13-4-5-22-14(7-13)18-10-19-22/h1-7,10H,9H2. The number of pyridine rings is 1. The minimum absolute atomic E-state index is 0.439. The first-order valence-corrected chi connectivity index (χ1v) is 8.05. The maximum atomic E-state index is 8.93. The minimum Gasteiger partial charge on any atom is -0.411 e. The molecule has 0 radical (unpaired) electrons. The van der Waals surface area contributed by atoms with E-state index in [0.717, 1.165) is 11.1 Å². The van der Waals surface area contributed by atoms with Crippen molar-refractivity contribution in [1.29, 1.82) is 5.26 Å². The molecule has 0 atom stereocenters. The summed E-state index contributed by atoms with van der Waals surface area (Å²) in [4.78, 5) is 4.13. The van der Waals surface area contributed by atoms with Gasteiger partial charge in [-0.1, -0.05) is 23.9 Å². The quantitative estimate of drug-likeness (QED) is 0.530. The molecule has 0 fully saturated rings. The van der Waals surface area contributed by atoms with Crippen LogP contribution in [-0.4, -0.2) is 24.8 Å². The Morgan fingerprint density at radius 3 is 3.08 bits per heavy atom. The highest BCUT2D eigenvalue weighted by molar-refractivity contribution is 7.98. The molecule has 0 aliphatic heterocycles. The number of nitriles is 1. The van der Waals surface area contributed by atoms with E-state index in [2.05, 4.69) is 26.3 Å². The second kappa shape index (κ2) is 6.14. The van der Waals surface area contributed by atoms with Crippen molar-refractivity contribution in [3.63, 3.8) is 0 Å². The van der Waals surface area contributed by atoms with Gasteiger partial charge in [0.15, 0.2) is 5.65 Å². The summed E-state index contributed by atoms with van der Waals surface area (Å²) >= 11 is 1.43. The van der Waals surface area contributed by atoms with E-state index in [1.807, 2.05) is 30.3 Å². The van der Waals surface area contributed by atoms with Crippen LogP contribution in [0.1, 0.15) is 11.1 Å². The van der Waals surface area contributed by atoms with Crippen molar-refractivity contribution in [2.24, 2.45) is 0 Å². The number of benzene rings is 1. The van der Waals surface area contributed by atoms with Crippen LogP contribution in [0, 0.1) is 11.3 Å². The summed E-state index contributed by atoms with van der Waals surface area (Å²) < 4.78 is 7.36. The Morgan fingerprint density at radius 2 is 2.17 bits per heavy atom. The first kappa shape index (κ1) is 14.4. The molecule has 7 nitrogen and oxygen atoms in total. The van der Waals surface area contributed by atoms with Crippen LogP contribution in [0.25, 0.3) is 17.1 Å². The fraction of sp³-hybridized carbons (Fsp3) is 0.0625. The predicted molar refractivity (Wildman–Crippen MR) is 87.0 cm³/mol. The Kier molecular flexibility index (Phi) is 3.69. The fourth-order valence-electron chi connectivity index (χ4n) is 2.21. The Bertz CT molecular complexity index is 1050. The Hall–Kier alpha value is -3.18. The van der Waals surface area contributed by atoms with Crippen LogP contribution in [0.4, 0.5) is 0 Å². The molecule has 0 saturated heterocycles. The normalized spacial score (nSPS) is 10.8. The molecule has 0 aliphatic rings. The Balaban J connectivity index is 1.51. The summed E-state index contributed by atoms with van der Waals surface area (Å²) in [6, 6.07) is 13.3. The molecule has 0 saturated carbocycles. The summed E-state index contributed by atoms with van der Waals surface area (Å²) in [7, 11) is 0. The molecule has 0 N–H and O–H groups in total. The van der Waals surface area contributed by atoms with Crippen LogP contribution in [0.3, 0.4) is 0 Å². The molecule has 0 spiro atoms. The van der Waals surface area contributed by atoms with Crippen LogP contribution in [0.5, 0.6) is 0 Å². The van der Waals surface area contributed by atoms with Crippen molar-refractivity contribution in [2.75, 3.05) is 0 Å². The molecule has 0 amide bonds. The summed E-state index contributed by atoms with van der Waals surface area (Å²) in [5.41, 5.74) is 3.18. The lowest BCUT2D eigenvalue weighted by molar-refractivity contribution is 0.466. The second-order valence-electron chi connectivity index (χ2n) is 4.95. The van der Waals surface area contributed by atoms with Crippen molar-refractivity contribution >= 4 is 17.4 Å². The van der Waals surface area contributed by atoms with E-state index < -0.39 is 0 Å². The molecule has 24 heavy (non-hydrogen) atoms. The van der Waals surface area contributed by atoms with E-state index in [4.69, 9.17) is 9.68 Å². The van der Waals surface area contributed by atoms with Gasteiger partial charge in [-0.25, -0.2) is 9.50 Å². The lowest BCUT2D eigenvalue weighted by atomic mass is 10.2. The lowest BCUT2D eigenvalue weighted by Crippen LogP contribution is -1.87. The summed E-state index contributed by atoms with van der Waals surface area (Å²) in [6.45, 7) is 0. The van der Waals surface area contributed by atoms with E-state index in [-0.39, 0.29) is 0 Å². The van der Waals surface area contributed by atoms with Gasteiger partial charge < -0.3 is 4.42 Å². The maximum Gasteiger partial charge on any atom is 0.277 e. The van der Waals surface area contributed by atoms with Gasteiger partial charge >= 0.3 is 0 Å². The zero-order chi connectivity index (χ0) is 16.4. The van der Waals surface area contributed by atoms with Gasteiger partial charge in [-0.05, 0) is 29.8 Å². The van der Waals surface area contributed by atoms with E-state index >= 15 is 0 Å². The number of aromatic nitrogens is 5. The molecule has 8 heteroatoms. The van der Waals surface area contributed by atoms with Crippen molar-refractivity contribution in [2.45, 2.75) is 11.0 Å². The molecule has 4 aromatic rings. The van der Waals surface area contributed by atoms with Gasteiger partial charge in [0.2, 0.25) is 5.89 Å². The largest absolute Gasteiger partial charge is 0.411 e. The number of rotatable bonds is 4. The van der Waals surface area contributed by atoms with Crippen LogP contribution in [0.15, 0.2) is 58.6 Å². The molecule has 1 aromatic carbocycles. The van der Waals surface area contributed by atoms with Crippen LogP contribution in [-0.2, 0) is 5.75 Å². The van der Waals surface area contributed by atoms with Crippen LogP contribution in [0.2, 0.25) is 0 Å². The van der Waals surface area contributed by atoms with E-state index in [1.54, 1.807) is 16.8 Å². The molecule has 116 valence electrons. The number of fused-ring (bicyclic) bond motifs is 1. The number of nitrogens with zero attached hydrogens (tertiary/aromatic N) is 6. The predicted octanol–water partition coefficient (Wildman–Crippen LogP) is 2.94. The van der Waals surface area contributed by atoms with Crippen molar-refractivity contribution < 1.29 is 4.42 Å². The topological polar surface area (TPSA) is 92.9 Å². The van der Waals surface area contributed by atoms with E-state index in [1.165, 1.54) is 18.1 Å². The Morgan fingerprint density at radius 1 is 1.21 bits per heavy atom. The lowest BCUT2D eigenvalue weighted by Gasteiger charge is -1.98. The minimum atomic E-state index is 0.439. The van der Waals surface area contributed by atoms with Gasteiger partial charge in [0, 0.05) is 17.5 Å². The third kappa shape index (κ3) is 2.85. The second-order valence-corrected chi connectivity index (χ2v) is 5.88. The highest BCUT2D eigenvalue weighted by Crippen LogP contribution is 2.26. The molecule has 3 aromatic heterocycles. The van der Waals surface area contributed by atoms with Gasteiger partial charge in [0.05, 0.1) is 11.6 Å². The monoisotopic (exact) mass is 334 g/mol. The Labute approximate surface area is 141 Å². The average molecular weight is 334 g/mol. The van der Waals surface area contributed by atoms with Crippen molar-refractivity contribution in [3.8, 4) is 17.5 Å². The highest BCUT2D eigenvalue weighted by Gasteiger charge is 2.10. The average Bonchev–Trinajstić information content (AvgIpc) is 3.28. The van der Waals surface area contributed by atoms with Gasteiger partial charge in [-0.2, -0.15) is 10.4 Å². The van der Waals surface area contributed by atoms with Gasteiger partial charge in [0.1, 0.15) is 6.33 Å². The van der Waals surface area contributed by atoms with Crippen LogP contribution < -0.4 is 0 Å². The summed E-state index contributed by atoms with van der Waals surface area (Å²) in [5.74, 6) is 1.09. The third-order valence-electron chi connectivity index (χ3n) is 3.35. The first-order chi connectivity index (χ1) is 11.8. The van der Waals surface area contributed by atoms with Crippen molar-refractivity contribution in [3.05, 3.63) is 60.0 Å². The molecule has 0 unspecified atom stereocenters. The van der Waals surface area contributed by atoms with E-state index in [9.17, 15) is 0 Å². The fourth-order valence-corrected chi connectivity index (χ4v) is 2.91. The van der Waals surface area contributed by atoms with Gasteiger partial charge in [-0.15, -0.1) is 10.2 Å². The highest BCUT2D eigenvalue weighted by atomic mass is 32.2. The SMILES string of the molecule is N#Cc1cccc(CSc2nnc(-c3ccn4ncnc4c3)o2)c1. The third-order valence-corrected chi connectivity index (χ3v) is 4.24. The number of hydrogen-bond acceptors (Lipinski definition) is 7. The molecule has 0 bridgehead atoms. The maximum absolute atomic E-state index is 8.93. The zero-order valence-corrected chi connectivity index (χ0v) is 13.1. The van der Waals surface area contributed by atoms with Gasteiger partial charge in [0.25, 0.3) is 5.22 Å². The van der Waals surface area contributed by atoms with Crippen LogP contribution >= 0.6 is 11.8 Å². The molecular formula is C16H10N6OS. The number of hydrogen-bond donors (Lipinski definition) is 0. The molecule has 4 rings (SSSR count).